The fourth-order valence-electron chi connectivity index (χ4n) is 2.84. The molecule has 0 spiro atoms. The number of hydrogen-bond acceptors (Lipinski definition) is 5. The topological polar surface area (TPSA) is 64.3 Å². The highest BCUT2D eigenvalue weighted by atomic mass is 16.5. The summed E-state index contributed by atoms with van der Waals surface area (Å²) in [4.78, 5) is 10.5. The van der Waals surface area contributed by atoms with Gasteiger partial charge in [0, 0.05) is 13.1 Å². The fraction of sp³-hybridized carbons (Fsp3) is 0.692. The Morgan fingerprint density at radius 1 is 1.33 bits per heavy atom. The van der Waals surface area contributed by atoms with Crippen molar-refractivity contribution in [2.75, 3.05) is 24.8 Å². The van der Waals surface area contributed by atoms with Crippen molar-refractivity contribution >= 4 is 11.5 Å². The van der Waals surface area contributed by atoms with Crippen LogP contribution in [-0.2, 0) is 0 Å². The number of nitrogens with two attached hydrogens (primary N) is 1. The van der Waals surface area contributed by atoms with Crippen molar-refractivity contribution < 1.29 is 4.74 Å². The summed E-state index contributed by atoms with van der Waals surface area (Å²) in [5.41, 5.74) is 6.58. The minimum absolute atomic E-state index is 0.454. The number of ether oxygens (including phenoxy) is 1. The highest BCUT2D eigenvalue weighted by Crippen LogP contribution is 2.34. The Bertz CT molecular complexity index is 410. The van der Waals surface area contributed by atoms with Crippen molar-refractivity contribution in [3.05, 3.63) is 6.33 Å². The van der Waals surface area contributed by atoms with E-state index in [9.17, 15) is 0 Å². The summed E-state index contributed by atoms with van der Waals surface area (Å²) in [5.74, 6) is 1.90. The average molecular weight is 250 g/mol. The van der Waals surface area contributed by atoms with E-state index in [-0.39, 0.29) is 0 Å². The van der Waals surface area contributed by atoms with Gasteiger partial charge >= 0.3 is 0 Å². The molecule has 0 bridgehead atoms. The molecule has 1 heterocycles. The Morgan fingerprint density at radius 2 is 2.06 bits per heavy atom. The van der Waals surface area contributed by atoms with Crippen molar-refractivity contribution in [3.63, 3.8) is 0 Å². The Kier molecular flexibility index (Phi) is 3.89. The van der Waals surface area contributed by atoms with Gasteiger partial charge in [-0.2, -0.15) is 4.98 Å². The van der Waals surface area contributed by atoms with Gasteiger partial charge in [0.25, 0.3) is 0 Å². The molecule has 0 saturated heterocycles. The van der Waals surface area contributed by atoms with Crippen LogP contribution in [0.15, 0.2) is 6.33 Å². The van der Waals surface area contributed by atoms with Crippen LogP contribution in [-0.4, -0.2) is 30.2 Å². The molecule has 18 heavy (non-hydrogen) atoms. The molecule has 1 aliphatic rings. The fourth-order valence-corrected chi connectivity index (χ4v) is 2.84. The molecule has 1 aromatic rings. The molecular weight excluding hydrogens is 228 g/mol. The van der Waals surface area contributed by atoms with Crippen LogP contribution >= 0.6 is 0 Å². The molecule has 0 aliphatic heterocycles. The average Bonchev–Trinajstić information content (AvgIpc) is 2.39. The third-order valence-corrected chi connectivity index (χ3v) is 3.92. The third kappa shape index (κ3) is 2.35. The Labute approximate surface area is 108 Å². The van der Waals surface area contributed by atoms with Gasteiger partial charge in [-0.15, -0.1) is 0 Å². The minimum Gasteiger partial charge on any atom is -0.479 e. The van der Waals surface area contributed by atoms with E-state index in [1.54, 1.807) is 7.11 Å². The molecule has 1 aliphatic carbocycles. The van der Waals surface area contributed by atoms with Gasteiger partial charge in [-0.1, -0.05) is 19.8 Å². The Hall–Kier alpha value is -1.52. The molecular formula is C13H22N4O. The lowest BCUT2D eigenvalue weighted by Crippen LogP contribution is -2.39. The van der Waals surface area contributed by atoms with Crippen LogP contribution in [0.3, 0.4) is 0 Å². The van der Waals surface area contributed by atoms with Gasteiger partial charge in [-0.3, -0.25) is 0 Å². The molecule has 1 aromatic heterocycles. The van der Waals surface area contributed by atoms with Crippen LogP contribution < -0.4 is 15.4 Å². The summed E-state index contributed by atoms with van der Waals surface area (Å²) in [7, 11) is 3.64. The van der Waals surface area contributed by atoms with Crippen LogP contribution in [0.4, 0.5) is 11.5 Å². The van der Waals surface area contributed by atoms with Crippen LogP contribution in [0.2, 0.25) is 0 Å². The Morgan fingerprint density at radius 3 is 2.72 bits per heavy atom. The molecule has 5 heteroatoms. The molecule has 1 saturated carbocycles. The number of hydrogen-bond donors (Lipinski definition) is 1. The smallest absolute Gasteiger partial charge is 0.242 e. The summed E-state index contributed by atoms with van der Waals surface area (Å²) >= 11 is 0. The quantitative estimate of drug-likeness (QED) is 0.889. The summed E-state index contributed by atoms with van der Waals surface area (Å²) < 4.78 is 5.15. The predicted molar refractivity (Wildman–Crippen MR) is 72.8 cm³/mol. The van der Waals surface area contributed by atoms with Gasteiger partial charge in [0.05, 0.1) is 7.11 Å². The van der Waals surface area contributed by atoms with Crippen LogP contribution in [0.25, 0.3) is 0 Å². The second-order valence-corrected chi connectivity index (χ2v) is 5.06. The first kappa shape index (κ1) is 12.9. The highest BCUT2D eigenvalue weighted by molar-refractivity contribution is 5.67. The van der Waals surface area contributed by atoms with Gasteiger partial charge in [0.1, 0.15) is 12.0 Å². The molecule has 100 valence electrons. The first-order valence-corrected chi connectivity index (χ1v) is 6.52. The molecule has 0 amide bonds. The monoisotopic (exact) mass is 250 g/mol. The zero-order valence-corrected chi connectivity index (χ0v) is 11.4. The number of nitrogen functional groups attached to an aromatic ring is 1. The minimum atomic E-state index is 0.454. The summed E-state index contributed by atoms with van der Waals surface area (Å²) in [6, 6.07) is 0.501. The van der Waals surface area contributed by atoms with E-state index in [1.807, 2.05) is 0 Å². The molecule has 1 fully saturated rings. The molecule has 2 N–H and O–H groups in total. The maximum absolute atomic E-state index is 6.06. The summed E-state index contributed by atoms with van der Waals surface area (Å²) in [5, 5.41) is 0. The Balaban J connectivity index is 2.24. The van der Waals surface area contributed by atoms with E-state index < -0.39 is 0 Å². The third-order valence-electron chi connectivity index (χ3n) is 3.92. The van der Waals surface area contributed by atoms with Gasteiger partial charge < -0.3 is 15.4 Å². The lowest BCUT2D eigenvalue weighted by molar-refractivity contribution is 0.320. The SMILES string of the molecule is COc1ncnc(N(C)C2CCCCC2C)c1N. The zero-order valence-electron chi connectivity index (χ0n) is 11.4. The van der Waals surface area contributed by atoms with Crippen molar-refractivity contribution in [1.29, 1.82) is 0 Å². The van der Waals surface area contributed by atoms with Crippen LogP contribution in [0.5, 0.6) is 5.88 Å². The van der Waals surface area contributed by atoms with E-state index >= 15 is 0 Å². The summed E-state index contributed by atoms with van der Waals surface area (Å²) in [6.07, 6.45) is 6.59. The van der Waals surface area contributed by atoms with Gasteiger partial charge in [0.15, 0.2) is 5.82 Å². The van der Waals surface area contributed by atoms with E-state index in [0.717, 1.165) is 5.82 Å². The second-order valence-electron chi connectivity index (χ2n) is 5.06. The molecule has 2 atom stereocenters. The predicted octanol–water partition coefficient (Wildman–Crippen LogP) is 2.08. The van der Waals surface area contributed by atoms with E-state index in [0.29, 0.717) is 23.5 Å². The number of rotatable bonds is 3. The van der Waals surface area contributed by atoms with Crippen molar-refractivity contribution in [2.45, 2.75) is 38.6 Å². The molecule has 0 aromatic carbocycles. The van der Waals surface area contributed by atoms with Gasteiger partial charge in [0.2, 0.25) is 5.88 Å². The molecule has 5 nitrogen and oxygen atoms in total. The summed E-state index contributed by atoms with van der Waals surface area (Å²) in [6.45, 7) is 2.30. The van der Waals surface area contributed by atoms with Crippen LogP contribution in [0, 0.1) is 5.92 Å². The van der Waals surface area contributed by atoms with Crippen molar-refractivity contribution in [1.82, 2.24) is 9.97 Å². The molecule has 2 rings (SSSR count). The first-order chi connectivity index (χ1) is 8.65. The first-order valence-electron chi connectivity index (χ1n) is 6.52. The molecule has 0 radical (unpaired) electrons. The van der Waals surface area contributed by atoms with Crippen molar-refractivity contribution in [2.24, 2.45) is 5.92 Å². The highest BCUT2D eigenvalue weighted by Gasteiger charge is 2.27. The maximum atomic E-state index is 6.06. The van der Waals surface area contributed by atoms with E-state index in [2.05, 4.69) is 28.8 Å². The van der Waals surface area contributed by atoms with Crippen LogP contribution in [0.1, 0.15) is 32.6 Å². The number of methoxy groups -OCH3 is 1. The largest absolute Gasteiger partial charge is 0.479 e. The standard InChI is InChI=1S/C13H22N4O/c1-9-6-4-5-7-10(9)17(2)12-11(14)13(18-3)16-8-15-12/h8-10H,4-7,14H2,1-3H3. The number of aromatic nitrogens is 2. The molecule has 2 unspecified atom stereocenters. The number of nitrogens with zero attached hydrogens (tertiary/aromatic N) is 3. The van der Waals surface area contributed by atoms with Gasteiger partial charge in [-0.05, 0) is 18.8 Å². The van der Waals surface area contributed by atoms with Crippen molar-refractivity contribution in [3.8, 4) is 5.88 Å². The maximum Gasteiger partial charge on any atom is 0.242 e. The number of anilines is 2. The van der Waals surface area contributed by atoms with E-state index in [4.69, 9.17) is 10.5 Å². The normalized spacial score (nSPS) is 23.7. The lowest BCUT2D eigenvalue weighted by atomic mass is 9.85. The zero-order chi connectivity index (χ0) is 13.1. The second kappa shape index (κ2) is 5.42. The lowest BCUT2D eigenvalue weighted by Gasteiger charge is -2.37. The van der Waals surface area contributed by atoms with Gasteiger partial charge in [-0.25, -0.2) is 4.98 Å². The van der Waals surface area contributed by atoms with E-state index in [1.165, 1.54) is 32.0 Å².